The summed E-state index contributed by atoms with van der Waals surface area (Å²) in [6, 6.07) is 14.0. The van der Waals surface area contributed by atoms with Crippen LogP contribution in [0.3, 0.4) is 0 Å². The molecule has 1 unspecified atom stereocenters. The van der Waals surface area contributed by atoms with Gasteiger partial charge in [-0.1, -0.05) is 43.3 Å². The van der Waals surface area contributed by atoms with E-state index in [1.54, 1.807) is 0 Å². The van der Waals surface area contributed by atoms with Crippen LogP contribution in [-0.2, 0) is 11.2 Å². The number of hydrogen-bond acceptors (Lipinski definition) is 2. The number of nitrogens with zero attached hydrogens (tertiary/aromatic N) is 2. The van der Waals surface area contributed by atoms with Crippen LogP contribution >= 0.6 is 0 Å². The lowest BCUT2D eigenvalue weighted by atomic mass is 9.96. The third-order valence-corrected chi connectivity index (χ3v) is 4.33. The number of hydrogen-bond donors (Lipinski definition) is 1. The van der Waals surface area contributed by atoms with Crippen molar-refractivity contribution in [1.29, 1.82) is 0 Å². The highest BCUT2D eigenvalue weighted by Crippen LogP contribution is 2.19. The SMILES string of the molecule is CCC(C(=O)NCCc1cn2cccc(C)c2n1)c1ccccc1. The van der Waals surface area contributed by atoms with Crippen molar-refractivity contribution >= 4 is 11.6 Å². The maximum absolute atomic E-state index is 12.5. The van der Waals surface area contributed by atoms with Crippen LogP contribution in [-0.4, -0.2) is 21.8 Å². The van der Waals surface area contributed by atoms with Gasteiger partial charge in [0.25, 0.3) is 0 Å². The molecule has 2 aromatic heterocycles. The number of aromatic nitrogens is 2. The van der Waals surface area contributed by atoms with Crippen LogP contribution in [0.1, 0.15) is 36.1 Å². The van der Waals surface area contributed by atoms with Gasteiger partial charge in [0.2, 0.25) is 5.91 Å². The van der Waals surface area contributed by atoms with Crippen LogP contribution in [0.25, 0.3) is 5.65 Å². The Bertz CT molecular complexity index is 823. The van der Waals surface area contributed by atoms with Crippen LogP contribution < -0.4 is 5.32 Å². The number of aryl methyl sites for hydroxylation is 1. The molecular formula is C20H23N3O. The van der Waals surface area contributed by atoms with Gasteiger partial charge in [-0.05, 0) is 30.5 Å². The maximum Gasteiger partial charge on any atom is 0.227 e. The van der Waals surface area contributed by atoms with Crippen molar-refractivity contribution in [3.8, 4) is 0 Å². The second-order valence-electron chi connectivity index (χ2n) is 6.07. The summed E-state index contributed by atoms with van der Waals surface area (Å²) in [5.74, 6) is -0.00171. The zero-order chi connectivity index (χ0) is 16.9. The van der Waals surface area contributed by atoms with Crippen molar-refractivity contribution in [2.75, 3.05) is 6.54 Å². The normalized spacial score (nSPS) is 12.2. The molecule has 0 aliphatic rings. The highest BCUT2D eigenvalue weighted by molar-refractivity contribution is 5.83. The van der Waals surface area contributed by atoms with E-state index in [1.165, 1.54) is 0 Å². The van der Waals surface area contributed by atoms with Gasteiger partial charge < -0.3 is 9.72 Å². The maximum atomic E-state index is 12.5. The van der Waals surface area contributed by atoms with Crippen molar-refractivity contribution in [1.82, 2.24) is 14.7 Å². The van der Waals surface area contributed by atoms with E-state index in [0.29, 0.717) is 6.54 Å². The quantitative estimate of drug-likeness (QED) is 0.755. The number of nitrogens with one attached hydrogen (secondary N) is 1. The first-order valence-electron chi connectivity index (χ1n) is 8.45. The second-order valence-corrected chi connectivity index (χ2v) is 6.07. The molecule has 4 heteroatoms. The molecule has 3 rings (SSSR count). The van der Waals surface area contributed by atoms with Gasteiger partial charge >= 0.3 is 0 Å². The summed E-state index contributed by atoms with van der Waals surface area (Å²) in [6.07, 6.45) is 5.56. The topological polar surface area (TPSA) is 46.4 Å². The zero-order valence-corrected chi connectivity index (χ0v) is 14.2. The minimum absolute atomic E-state index is 0.0867. The number of fused-ring (bicyclic) bond motifs is 1. The fourth-order valence-electron chi connectivity index (χ4n) is 3.02. The Morgan fingerprint density at radius 2 is 2.00 bits per heavy atom. The van der Waals surface area contributed by atoms with Crippen molar-refractivity contribution in [3.05, 3.63) is 71.7 Å². The molecule has 0 fully saturated rings. The Kier molecular flexibility index (Phi) is 4.94. The first-order chi connectivity index (χ1) is 11.7. The molecule has 1 amide bonds. The van der Waals surface area contributed by atoms with Gasteiger partial charge in [0.15, 0.2) is 0 Å². The van der Waals surface area contributed by atoms with E-state index in [4.69, 9.17) is 0 Å². The number of pyridine rings is 1. The number of imidazole rings is 1. The molecule has 2 heterocycles. The van der Waals surface area contributed by atoms with E-state index in [9.17, 15) is 4.79 Å². The molecule has 24 heavy (non-hydrogen) atoms. The summed E-state index contributed by atoms with van der Waals surface area (Å²) in [4.78, 5) is 17.1. The number of carbonyl (C=O) groups is 1. The molecular weight excluding hydrogens is 298 g/mol. The van der Waals surface area contributed by atoms with E-state index in [-0.39, 0.29) is 11.8 Å². The van der Waals surface area contributed by atoms with Crippen LogP contribution in [0, 0.1) is 6.92 Å². The van der Waals surface area contributed by atoms with Crippen LogP contribution in [0.2, 0.25) is 0 Å². The molecule has 0 saturated carbocycles. The molecule has 4 nitrogen and oxygen atoms in total. The third-order valence-electron chi connectivity index (χ3n) is 4.33. The Labute approximate surface area is 142 Å². The lowest BCUT2D eigenvalue weighted by Crippen LogP contribution is -2.30. The van der Waals surface area contributed by atoms with Gasteiger partial charge in [-0.25, -0.2) is 4.98 Å². The molecule has 0 aliphatic carbocycles. The monoisotopic (exact) mass is 321 g/mol. The fourth-order valence-corrected chi connectivity index (χ4v) is 3.02. The lowest BCUT2D eigenvalue weighted by Gasteiger charge is -2.15. The predicted molar refractivity (Wildman–Crippen MR) is 96.1 cm³/mol. The van der Waals surface area contributed by atoms with Crippen molar-refractivity contribution in [3.63, 3.8) is 0 Å². The van der Waals surface area contributed by atoms with Crippen LogP contribution in [0.4, 0.5) is 0 Å². The molecule has 124 valence electrons. The Morgan fingerprint density at radius 1 is 1.21 bits per heavy atom. The standard InChI is InChI=1S/C20H23N3O/c1-3-18(16-9-5-4-6-10-16)20(24)21-12-11-17-14-23-13-7-8-15(2)19(23)22-17/h4-10,13-14,18H,3,11-12H2,1-2H3,(H,21,24). The summed E-state index contributed by atoms with van der Waals surface area (Å²) >= 11 is 0. The minimum atomic E-state index is -0.0884. The average Bonchev–Trinajstić information content (AvgIpc) is 3.01. The third kappa shape index (κ3) is 3.48. The summed E-state index contributed by atoms with van der Waals surface area (Å²) in [7, 11) is 0. The predicted octanol–water partition coefficient (Wildman–Crippen LogP) is 3.50. The van der Waals surface area contributed by atoms with Crippen LogP contribution in [0.5, 0.6) is 0 Å². The van der Waals surface area contributed by atoms with Gasteiger partial charge in [-0.15, -0.1) is 0 Å². The Hall–Kier alpha value is -2.62. The first kappa shape index (κ1) is 16.2. The van der Waals surface area contributed by atoms with Crippen molar-refractivity contribution in [2.45, 2.75) is 32.6 Å². The number of amides is 1. The highest BCUT2D eigenvalue weighted by atomic mass is 16.1. The van der Waals surface area contributed by atoms with E-state index in [2.05, 4.69) is 23.3 Å². The average molecular weight is 321 g/mol. The molecule has 3 aromatic rings. The second kappa shape index (κ2) is 7.30. The first-order valence-corrected chi connectivity index (χ1v) is 8.45. The van der Waals surface area contributed by atoms with E-state index in [1.807, 2.05) is 60.1 Å². The fraction of sp³-hybridized carbons (Fsp3) is 0.300. The molecule has 0 saturated heterocycles. The molecule has 0 bridgehead atoms. The molecule has 0 spiro atoms. The smallest absolute Gasteiger partial charge is 0.227 e. The number of benzene rings is 1. The molecule has 1 N–H and O–H groups in total. The Balaban J connectivity index is 1.60. The van der Waals surface area contributed by atoms with Gasteiger partial charge in [0.1, 0.15) is 5.65 Å². The minimum Gasteiger partial charge on any atom is -0.355 e. The van der Waals surface area contributed by atoms with Gasteiger partial charge in [-0.3, -0.25) is 4.79 Å². The van der Waals surface area contributed by atoms with Gasteiger partial charge in [-0.2, -0.15) is 0 Å². The molecule has 0 radical (unpaired) electrons. The molecule has 0 aliphatic heterocycles. The molecule has 1 aromatic carbocycles. The lowest BCUT2D eigenvalue weighted by molar-refractivity contribution is -0.122. The van der Waals surface area contributed by atoms with Gasteiger partial charge in [0.05, 0.1) is 11.6 Å². The van der Waals surface area contributed by atoms with E-state index < -0.39 is 0 Å². The Morgan fingerprint density at radius 3 is 2.71 bits per heavy atom. The number of rotatable bonds is 6. The van der Waals surface area contributed by atoms with Crippen LogP contribution in [0.15, 0.2) is 54.9 Å². The summed E-state index contributed by atoms with van der Waals surface area (Å²) < 4.78 is 2.03. The van der Waals surface area contributed by atoms with Crippen molar-refractivity contribution in [2.24, 2.45) is 0 Å². The van der Waals surface area contributed by atoms with Crippen molar-refractivity contribution < 1.29 is 4.79 Å². The summed E-state index contributed by atoms with van der Waals surface area (Å²) in [6.45, 7) is 4.70. The van der Waals surface area contributed by atoms with E-state index >= 15 is 0 Å². The summed E-state index contributed by atoms with van der Waals surface area (Å²) in [5.41, 5.74) is 4.20. The largest absolute Gasteiger partial charge is 0.355 e. The number of carbonyl (C=O) groups excluding carboxylic acids is 1. The molecule has 1 atom stereocenters. The zero-order valence-electron chi connectivity index (χ0n) is 14.2. The highest BCUT2D eigenvalue weighted by Gasteiger charge is 2.17. The van der Waals surface area contributed by atoms with E-state index in [0.717, 1.165) is 35.3 Å². The van der Waals surface area contributed by atoms with Gasteiger partial charge in [0, 0.05) is 25.4 Å². The summed E-state index contributed by atoms with van der Waals surface area (Å²) in [5, 5.41) is 3.05.